The number of halogens is 1. The first-order chi connectivity index (χ1) is 7.91. The van der Waals surface area contributed by atoms with Crippen LogP contribution in [-0.4, -0.2) is 20.6 Å². The Hall–Kier alpha value is -2.11. The van der Waals surface area contributed by atoms with Gasteiger partial charge in [0.1, 0.15) is 11.9 Å². The zero-order chi connectivity index (χ0) is 12.7. The van der Waals surface area contributed by atoms with Crippen LogP contribution in [0.1, 0.15) is 18.5 Å². The average Bonchev–Trinajstić information content (AvgIpc) is 2.53. The fourth-order valence-electron chi connectivity index (χ4n) is 1.75. The lowest BCUT2D eigenvalue weighted by Gasteiger charge is -2.08. The lowest BCUT2D eigenvalue weighted by molar-refractivity contribution is -0.140. The molecule has 0 aliphatic carbocycles. The molecule has 1 atom stereocenters. The Balaban J connectivity index is 2.80. The van der Waals surface area contributed by atoms with Gasteiger partial charge in [-0.3, -0.25) is 4.57 Å². The zero-order valence-corrected chi connectivity index (χ0v) is 9.32. The smallest absolute Gasteiger partial charge is 0.327 e. The minimum absolute atomic E-state index is 0.257. The van der Waals surface area contributed by atoms with E-state index in [2.05, 4.69) is 4.98 Å². The van der Waals surface area contributed by atoms with Crippen molar-refractivity contribution in [2.24, 2.45) is 0 Å². The van der Waals surface area contributed by atoms with Gasteiger partial charge < -0.3 is 10.1 Å². The van der Waals surface area contributed by atoms with Crippen LogP contribution in [0, 0.1) is 12.7 Å². The van der Waals surface area contributed by atoms with E-state index in [1.807, 2.05) is 0 Å². The maximum Gasteiger partial charge on any atom is 0.327 e. The summed E-state index contributed by atoms with van der Waals surface area (Å²) in [5.41, 5.74) is 0.531. The number of aromatic amines is 1. The number of H-pyrrole nitrogens is 1. The number of fused-ring (bicyclic) bond motifs is 1. The molecule has 0 saturated carbocycles. The van der Waals surface area contributed by atoms with Crippen LogP contribution in [0.3, 0.4) is 0 Å². The molecule has 1 aromatic carbocycles. The summed E-state index contributed by atoms with van der Waals surface area (Å²) in [6.45, 7) is 2.94. The predicted octanol–water partition coefficient (Wildman–Crippen LogP) is 1.42. The van der Waals surface area contributed by atoms with Gasteiger partial charge in [0.2, 0.25) is 0 Å². The van der Waals surface area contributed by atoms with Crippen molar-refractivity contribution in [3.05, 3.63) is 34.0 Å². The second kappa shape index (κ2) is 3.73. The molecule has 1 heterocycles. The van der Waals surface area contributed by atoms with Gasteiger partial charge in [0.05, 0.1) is 11.0 Å². The van der Waals surface area contributed by atoms with E-state index in [-0.39, 0.29) is 5.52 Å². The molecule has 0 saturated heterocycles. The van der Waals surface area contributed by atoms with Crippen LogP contribution in [0.15, 0.2) is 16.9 Å². The van der Waals surface area contributed by atoms with Crippen molar-refractivity contribution in [3.63, 3.8) is 0 Å². The number of hydrogen-bond acceptors (Lipinski definition) is 2. The van der Waals surface area contributed by atoms with Crippen LogP contribution >= 0.6 is 0 Å². The highest BCUT2D eigenvalue weighted by Crippen LogP contribution is 2.19. The number of nitrogens with one attached hydrogen (secondary N) is 1. The Morgan fingerprint density at radius 2 is 2.18 bits per heavy atom. The fourth-order valence-corrected chi connectivity index (χ4v) is 1.75. The first-order valence-corrected chi connectivity index (χ1v) is 5.05. The molecule has 5 nitrogen and oxygen atoms in total. The molecule has 6 heteroatoms. The molecule has 0 fully saturated rings. The summed E-state index contributed by atoms with van der Waals surface area (Å²) in [7, 11) is 0. The highest BCUT2D eigenvalue weighted by atomic mass is 19.1. The second-order valence-corrected chi connectivity index (χ2v) is 3.93. The SMILES string of the molecule is Cc1cc2[nH]c(=O)n(C(C)C(=O)O)c2cc1F. The molecular formula is C11H11FN2O3. The summed E-state index contributed by atoms with van der Waals surface area (Å²) in [5.74, 6) is -1.61. The molecular weight excluding hydrogens is 227 g/mol. The van der Waals surface area contributed by atoms with Gasteiger partial charge in [0.25, 0.3) is 0 Å². The lowest BCUT2D eigenvalue weighted by Crippen LogP contribution is -2.25. The number of nitrogens with zero attached hydrogens (tertiary/aromatic N) is 1. The number of imidazole rings is 1. The van der Waals surface area contributed by atoms with Gasteiger partial charge in [-0.25, -0.2) is 14.0 Å². The normalized spacial score (nSPS) is 12.9. The van der Waals surface area contributed by atoms with E-state index < -0.39 is 23.5 Å². The number of aryl methyl sites for hydroxylation is 1. The number of rotatable bonds is 2. The van der Waals surface area contributed by atoms with Gasteiger partial charge in [-0.1, -0.05) is 0 Å². The van der Waals surface area contributed by atoms with Crippen molar-refractivity contribution in [2.75, 3.05) is 0 Å². The van der Waals surface area contributed by atoms with Crippen molar-refractivity contribution >= 4 is 17.0 Å². The van der Waals surface area contributed by atoms with E-state index in [1.54, 1.807) is 6.92 Å². The van der Waals surface area contributed by atoms with E-state index >= 15 is 0 Å². The van der Waals surface area contributed by atoms with E-state index in [0.29, 0.717) is 11.1 Å². The van der Waals surface area contributed by atoms with Crippen molar-refractivity contribution < 1.29 is 14.3 Å². The topological polar surface area (TPSA) is 75.1 Å². The molecule has 1 aromatic heterocycles. The Kier molecular flexibility index (Phi) is 2.49. The number of carbonyl (C=O) groups is 1. The number of carboxylic acid groups (broad SMARTS) is 1. The van der Waals surface area contributed by atoms with Gasteiger partial charge in [-0.15, -0.1) is 0 Å². The van der Waals surface area contributed by atoms with Crippen molar-refractivity contribution in [2.45, 2.75) is 19.9 Å². The number of hydrogen-bond donors (Lipinski definition) is 2. The molecule has 2 N–H and O–H groups in total. The largest absolute Gasteiger partial charge is 0.480 e. The van der Waals surface area contributed by atoms with Gasteiger partial charge >= 0.3 is 11.7 Å². The van der Waals surface area contributed by atoms with Crippen molar-refractivity contribution in [3.8, 4) is 0 Å². The maximum absolute atomic E-state index is 13.4. The Morgan fingerprint density at radius 1 is 1.53 bits per heavy atom. The molecule has 0 aliphatic rings. The highest BCUT2D eigenvalue weighted by Gasteiger charge is 2.19. The molecule has 2 aromatic rings. The molecule has 0 amide bonds. The van der Waals surface area contributed by atoms with E-state index in [0.717, 1.165) is 4.57 Å². The number of carboxylic acids is 1. The fraction of sp³-hybridized carbons (Fsp3) is 0.273. The molecule has 2 rings (SSSR count). The second-order valence-electron chi connectivity index (χ2n) is 3.93. The van der Waals surface area contributed by atoms with Crippen molar-refractivity contribution in [1.29, 1.82) is 0 Å². The van der Waals surface area contributed by atoms with Crippen LogP contribution in [0.25, 0.3) is 11.0 Å². The van der Waals surface area contributed by atoms with Gasteiger partial charge in [-0.2, -0.15) is 0 Å². The molecule has 0 aliphatic heterocycles. The van der Waals surface area contributed by atoms with Crippen molar-refractivity contribution in [1.82, 2.24) is 9.55 Å². The monoisotopic (exact) mass is 238 g/mol. The third-order valence-electron chi connectivity index (χ3n) is 2.74. The summed E-state index contributed by atoms with van der Waals surface area (Å²) in [4.78, 5) is 25.0. The summed E-state index contributed by atoms with van der Waals surface area (Å²) < 4.78 is 14.5. The first-order valence-electron chi connectivity index (χ1n) is 5.05. The standard InChI is InChI=1S/C11H11FN2O3/c1-5-3-8-9(4-7(5)12)14(11(17)13-8)6(2)10(15)16/h3-4,6H,1-2H3,(H,13,17)(H,15,16). The predicted molar refractivity (Wildman–Crippen MR) is 59.6 cm³/mol. The quantitative estimate of drug-likeness (QED) is 0.830. The maximum atomic E-state index is 13.4. The van der Waals surface area contributed by atoms with Crippen LogP contribution < -0.4 is 5.69 Å². The Labute approximate surface area is 95.5 Å². The van der Waals surface area contributed by atoms with Gasteiger partial charge in [-0.05, 0) is 25.5 Å². The third kappa shape index (κ3) is 1.71. The van der Waals surface area contributed by atoms with Crippen LogP contribution in [0.4, 0.5) is 4.39 Å². The summed E-state index contributed by atoms with van der Waals surface area (Å²) in [5, 5.41) is 8.89. The summed E-state index contributed by atoms with van der Waals surface area (Å²) in [6.07, 6.45) is 0. The molecule has 0 spiro atoms. The Bertz CT molecular complexity index is 657. The van der Waals surface area contributed by atoms with Crippen LogP contribution in [0.5, 0.6) is 0 Å². The molecule has 17 heavy (non-hydrogen) atoms. The highest BCUT2D eigenvalue weighted by molar-refractivity contribution is 5.80. The van der Waals surface area contributed by atoms with E-state index in [9.17, 15) is 14.0 Å². The van der Waals surface area contributed by atoms with E-state index in [4.69, 9.17) is 5.11 Å². The molecule has 90 valence electrons. The summed E-state index contributed by atoms with van der Waals surface area (Å²) in [6, 6.07) is 1.61. The van der Waals surface area contributed by atoms with E-state index in [1.165, 1.54) is 19.1 Å². The average molecular weight is 238 g/mol. The number of aliphatic carboxylic acids is 1. The van der Waals surface area contributed by atoms with Gasteiger partial charge in [0, 0.05) is 6.07 Å². The minimum atomic E-state index is -1.14. The third-order valence-corrected chi connectivity index (χ3v) is 2.74. The number of aromatic nitrogens is 2. The summed E-state index contributed by atoms with van der Waals surface area (Å²) >= 11 is 0. The zero-order valence-electron chi connectivity index (χ0n) is 9.32. The lowest BCUT2D eigenvalue weighted by atomic mass is 10.2. The molecule has 1 unspecified atom stereocenters. The Morgan fingerprint density at radius 3 is 2.76 bits per heavy atom. The van der Waals surface area contributed by atoms with Gasteiger partial charge in [0.15, 0.2) is 0 Å². The minimum Gasteiger partial charge on any atom is -0.480 e. The van der Waals surface area contributed by atoms with Crippen LogP contribution in [0.2, 0.25) is 0 Å². The molecule has 0 bridgehead atoms. The number of benzene rings is 1. The van der Waals surface area contributed by atoms with Crippen LogP contribution in [-0.2, 0) is 4.79 Å². The first kappa shape index (κ1) is 11.4. The molecule has 0 radical (unpaired) electrons.